The maximum absolute atomic E-state index is 4.71. The molecular formula is C106H87IrN8P2-. The van der Waals surface area contributed by atoms with Crippen molar-refractivity contribution in [1.82, 2.24) is 38.0 Å². The summed E-state index contributed by atoms with van der Waals surface area (Å²) in [6.45, 7) is 15.5. The molecule has 21 aromatic rings. The molecule has 0 spiro atoms. The number of rotatable bonds is 12. The standard InChI is InChI=1S/C41H27N3.C36H24N2.C27H28N3.C2H8P2.Ir/c1-5-19-38-34(15-1)35-16-2-6-20-39(35)43(38)32-13-9-11-28(24-32)30-23-31(27-42-26-30)29-12-10-14-33(25-29)44-40-21-7-3-17-36(40)37-18-4-8-22-41(37)44;1-3-11-27(12-4-1)37-33-17-9-7-15-29(33)31-23-25(19-21-35(31)37)26-20-22-36-32(24-26)30-16-8-10-18-34(30)38(36)28-13-5-2-6-14-28;1-18(2)22-16-11-17-23(19(3)4)25(22)30-26(21-13-7-6-8-14-21)28-29-27(30)24-15-10-9-12-20(24)5;1-4(2)3;/h1-27H;1-24H;6-13,15-19H,1-5H3;3H2,1-2H3;/q;;-1;;. The summed E-state index contributed by atoms with van der Waals surface area (Å²) in [5.74, 6) is 2.44. The fraction of sp³-hybridized carbons (Fsp3) is 0.0849. The van der Waals surface area contributed by atoms with Gasteiger partial charge in [-0.25, -0.2) is 0 Å². The van der Waals surface area contributed by atoms with Crippen molar-refractivity contribution in [3.05, 3.63) is 399 Å². The van der Waals surface area contributed by atoms with E-state index < -0.39 is 0 Å². The molecule has 6 aromatic heterocycles. The quantitative estimate of drug-likeness (QED) is 0.0904. The molecule has 1 unspecified atom stereocenters. The second kappa shape index (κ2) is 33.6. The van der Waals surface area contributed by atoms with Gasteiger partial charge >= 0.3 is 0 Å². The number of pyridine rings is 1. The summed E-state index contributed by atoms with van der Waals surface area (Å²) in [5, 5.41) is 19.5. The molecule has 6 heterocycles. The molecule has 0 bridgehead atoms. The van der Waals surface area contributed by atoms with E-state index in [9.17, 15) is 0 Å². The van der Waals surface area contributed by atoms with Crippen LogP contribution in [0.4, 0.5) is 0 Å². The SMILES string of the molecule is CP(C)P.Cc1ccccc1-c1nnc(-c2[c-]cccc2)n1-c1c(C(C)C)cccc1C(C)C.[Ir].c1cc(-c2cncc(-c3cccc(-n4c5ccccc5c5ccccc54)c3)c2)cc(-n2c3ccccc3c3ccccc32)c1.c1ccc(-n2c3ccccc3c3cc(-c4ccc5c(c4)c4ccccc4n5-c4ccccc4)ccc32)cc1. The number of benzene rings is 15. The maximum Gasteiger partial charge on any atom is 0.159 e. The minimum Gasteiger partial charge on any atom is -0.315 e. The van der Waals surface area contributed by atoms with Crippen molar-refractivity contribution in [1.29, 1.82) is 0 Å². The number of nitrogens with zero attached hydrogens (tertiary/aromatic N) is 8. The Kier molecular flexibility index (Phi) is 22.1. The summed E-state index contributed by atoms with van der Waals surface area (Å²) in [4.78, 5) is 4.71. The van der Waals surface area contributed by atoms with Gasteiger partial charge in [-0.2, -0.15) is 5.10 Å². The van der Waals surface area contributed by atoms with Crippen LogP contribution in [0.25, 0.3) is 172 Å². The van der Waals surface area contributed by atoms with E-state index in [1.807, 2.05) is 30.6 Å². The van der Waals surface area contributed by atoms with Crippen LogP contribution in [0.3, 0.4) is 0 Å². The normalized spacial score (nSPS) is 11.4. The summed E-state index contributed by atoms with van der Waals surface area (Å²) >= 11 is 0. The molecular weight excluding hydrogens is 1640 g/mol. The Morgan fingerprint density at radius 3 is 1.03 bits per heavy atom. The molecule has 117 heavy (non-hydrogen) atoms. The number of hydrogen-bond donors (Lipinski definition) is 0. The summed E-state index contributed by atoms with van der Waals surface area (Å²) in [7, 11) is 3.02. The van der Waals surface area contributed by atoms with Gasteiger partial charge in [-0.3, -0.25) is 4.98 Å². The molecule has 571 valence electrons. The second-order valence-corrected chi connectivity index (χ2v) is 35.5. The van der Waals surface area contributed by atoms with E-state index in [0.717, 1.165) is 56.4 Å². The zero-order valence-corrected chi connectivity index (χ0v) is 70.8. The monoisotopic (exact) mass is 1730 g/mol. The van der Waals surface area contributed by atoms with Gasteiger partial charge in [-0.15, -0.1) is 49.9 Å². The molecule has 0 saturated carbocycles. The topological polar surface area (TPSA) is 63.3 Å². The Bertz CT molecular complexity index is 6710. The predicted octanol–water partition coefficient (Wildman–Crippen LogP) is 28.6. The van der Waals surface area contributed by atoms with Crippen molar-refractivity contribution in [3.8, 4) is 84.6 Å². The first-order valence-corrected chi connectivity index (χ1v) is 43.6. The van der Waals surface area contributed by atoms with Crippen molar-refractivity contribution in [2.75, 3.05) is 13.3 Å². The van der Waals surface area contributed by atoms with E-state index in [2.05, 4.69) is 437 Å². The van der Waals surface area contributed by atoms with Crippen LogP contribution < -0.4 is 0 Å². The van der Waals surface area contributed by atoms with Gasteiger partial charge in [0, 0.05) is 121 Å². The molecule has 8 nitrogen and oxygen atoms in total. The Morgan fingerprint density at radius 1 is 0.299 bits per heavy atom. The molecule has 0 N–H and O–H groups in total. The molecule has 0 saturated heterocycles. The zero-order chi connectivity index (χ0) is 78.9. The van der Waals surface area contributed by atoms with Gasteiger partial charge in [0.1, 0.15) is 0 Å². The van der Waals surface area contributed by atoms with Crippen LogP contribution in [-0.2, 0) is 20.1 Å². The van der Waals surface area contributed by atoms with Crippen molar-refractivity contribution >= 4 is 104 Å². The average molecular weight is 1730 g/mol. The third-order valence-electron chi connectivity index (χ3n) is 22.0. The van der Waals surface area contributed by atoms with Crippen LogP contribution in [0, 0.1) is 13.0 Å². The van der Waals surface area contributed by atoms with E-state index in [1.165, 1.54) is 132 Å². The Balaban J connectivity index is 0.000000125. The van der Waals surface area contributed by atoms with Gasteiger partial charge in [0.25, 0.3) is 0 Å². The van der Waals surface area contributed by atoms with Gasteiger partial charge in [0.15, 0.2) is 5.82 Å². The number of aryl methyl sites for hydroxylation is 1. The van der Waals surface area contributed by atoms with Gasteiger partial charge in [-0.05, 0) is 186 Å². The van der Waals surface area contributed by atoms with Crippen LogP contribution in [0.1, 0.15) is 56.2 Å². The molecule has 0 fully saturated rings. The number of aromatic nitrogens is 8. The summed E-state index contributed by atoms with van der Waals surface area (Å²) in [6.07, 6.45) is 3.93. The first kappa shape index (κ1) is 76.9. The first-order valence-electron chi connectivity index (χ1n) is 39.8. The molecule has 0 amide bonds. The summed E-state index contributed by atoms with van der Waals surface area (Å²) < 4.78 is 11.7. The third kappa shape index (κ3) is 14.8. The number of para-hydroxylation sites is 9. The van der Waals surface area contributed by atoms with E-state index in [1.54, 1.807) is 0 Å². The molecule has 1 atom stereocenters. The van der Waals surface area contributed by atoms with Crippen LogP contribution in [0.5, 0.6) is 0 Å². The van der Waals surface area contributed by atoms with Crippen LogP contribution in [0.2, 0.25) is 0 Å². The minimum atomic E-state index is 0. The smallest absolute Gasteiger partial charge is 0.159 e. The molecule has 0 aliphatic rings. The molecule has 21 rings (SSSR count). The molecule has 15 aromatic carbocycles. The van der Waals surface area contributed by atoms with Crippen molar-refractivity contribution in [2.24, 2.45) is 0 Å². The van der Waals surface area contributed by atoms with E-state index in [-0.39, 0.29) is 20.1 Å². The average Bonchev–Trinajstić information content (AvgIpc) is 1.59. The van der Waals surface area contributed by atoms with Crippen LogP contribution in [-0.4, -0.2) is 51.3 Å². The largest absolute Gasteiger partial charge is 0.315 e. The van der Waals surface area contributed by atoms with Crippen LogP contribution in [0.15, 0.2) is 376 Å². The predicted molar refractivity (Wildman–Crippen MR) is 497 cm³/mol. The fourth-order valence-corrected chi connectivity index (χ4v) is 16.8. The van der Waals surface area contributed by atoms with Crippen molar-refractivity contribution < 1.29 is 20.1 Å². The van der Waals surface area contributed by atoms with E-state index in [4.69, 9.17) is 10.1 Å². The molecule has 0 aliphatic heterocycles. The van der Waals surface area contributed by atoms with Gasteiger partial charge in [-0.1, -0.05) is 260 Å². The van der Waals surface area contributed by atoms with E-state index >= 15 is 0 Å². The molecule has 11 heteroatoms. The van der Waals surface area contributed by atoms with Gasteiger partial charge in [0.2, 0.25) is 0 Å². The van der Waals surface area contributed by atoms with Gasteiger partial charge in [0.05, 0.1) is 50.0 Å². The Labute approximate surface area is 700 Å². The van der Waals surface area contributed by atoms with Crippen molar-refractivity contribution in [3.63, 3.8) is 0 Å². The summed E-state index contributed by atoms with van der Waals surface area (Å²) in [6, 6.07) is 133. The molecule has 1 radical (unpaired) electrons. The number of fused-ring (bicyclic) bond motifs is 12. The first-order chi connectivity index (χ1) is 56.9. The summed E-state index contributed by atoms with van der Waals surface area (Å²) in [5.41, 5.74) is 28.3. The Morgan fingerprint density at radius 2 is 0.632 bits per heavy atom. The third-order valence-corrected chi connectivity index (χ3v) is 22.0. The molecule has 0 aliphatic carbocycles. The maximum atomic E-state index is 4.71. The zero-order valence-electron chi connectivity index (χ0n) is 66.4. The second-order valence-electron chi connectivity index (χ2n) is 30.5. The fourth-order valence-electron chi connectivity index (χ4n) is 16.8. The van der Waals surface area contributed by atoms with Crippen molar-refractivity contribution in [2.45, 2.75) is 46.5 Å². The van der Waals surface area contributed by atoms with Crippen LogP contribution >= 0.6 is 16.5 Å². The number of hydrogen-bond acceptors (Lipinski definition) is 3. The van der Waals surface area contributed by atoms with Gasteiger partial charge < -0.3 is 22.8 Å². The van der Waals surface area contributed by atoms with E-state index in [0.29, 0.717) is 19.4 Å². The minimum absolute atomic E-state index is 0. The Hall–Kier alpha value is -12.7.